The number of rotatable bonds is 3. The van der Waals surface area contributed by atoms with E-state index in [4.69, 9.17) is 11.6 Å². The average molecular weight is 384 g/mol. The van der Waals surface area contributed by atoms with Crippen molar-refractivity contribution in [3.63, 3.8) is 0 Å². The number of aromatic nitrogens is 1. The number of nitrogens with one attached hydrogen (secondary N) is 1. The summed E-state index contributed by atoms with van der Waals surface area (Å²) in [6.45, 7) is 0. The Morgan fingerprint density at radius 2 is 1.96 bits per heavy atom. The third-order valence-electron chi connectivity index (χ3n) is 3.90. The van der Waals surface area contributed by atoms with Crippen LogP contribution in [0.2, 0.25) is 5.02 Å². The third kappa shape index (κ3) is 2.87. The number of nitrogens with zero attached hydrogens (tertiary/aromatic N) is 2. The molecule has 4 rings (SSSR count). The van der Waals surface area contributed by atoms with Gasteiger partial charge in [0.05, 0.1) is 15.1 Å². The molecule has 0 unspecified atom stereocenters. The molecular formula is C18H10ClN3O3S. The van der Waals surface area contributed by atoms with Crippen molar-refractivity contribution < 1.29 is 9.72 Å². The maximum absolute atomic E-state index is 12.5. The molecule has 0 spiro atoms. The minimum absolute atomic E-state index is 0.105. The van der Waals surface area contributed by atoms with Crippen molar-refractivity contribution in [2.45, 2.75) is 0 Å². The van der Waals surface area contributed by atoms with E-state index in [1.54, 1.807) is 0 Å². The fourth-order valence-electron chi connectivity index (χ4n) is 2.73. The second kappa shape index (κ2) is 6.36. The zero-order valence-corrected chi connectivity index (χ0v) is 14.7. The summed E-state index contributed by atoms with van der Waals surface area (Å²) in [6.07, 6.45) is 0. The molecule has 128 valence electrons. The molecule has 1 amide bonds. The van der Waals surface area contributed by atoms with Crippen molar-refractivity contribution in [1.29, 1.82) is 0 Å². The van der Waals surface area contributed by atoms with Crippen LogP contribution in [0.5, 0.6) is 0 Å². The lowest BCUT2D eigenvalue weighted by Gasteiger charge is -2.03. The number of amides is 1. The number of hydrogen-bond acceptors (Lipinski definition) is 5. The maximum Gasteiger partial charge on any atom is 0.282 e. The topological polar surface area (TPSA) is 85.1 Å². The van der Waals surface area contributed by atoms with E-state index in [9.17, 15) is 14.9 Å². The van der Waals surface area contributed by atoms with Gasteiger partial charge in [-0.3, -0.25) is 20.2 Å². The number of carbonyl (C=O) groups is 1. The van der Waals surface area contributed by atoms with Crippen LogP contribution >= 0.6 is 22.9 Å². The van der Waals surface area contributed by atoms with Crippen molar-refractivity contribution in [3.05, 3.63) is 75.3 Å². The summed E-state index contributed by atoms with van der Waals surface area (Å²) < 4.78 is 0.916. The van der Waals surface area contributed by atoms with Gasteiger partial charge in [0.1, 0.15) is 5.56 Å². The van der Waals surface area contributed by atoms with Crippen molar-refractivity contribution >= 4 is 60.7 Å². The van der Waals surface area contributed by atoms with Gasteiger partial charge in [0, 0.05) is 16.5 Å². The van der Waals surface area contributed by atoms with Gasteiger partial charge in [-0.05, 0) is 23.6 Å². The van der Waals surface area contributed by atoms with Gasteiger partial charge in [-0.25, -0.2) is 4.98 Å². The second-order valence-electron chi connectivity index (χ2n) is 5.53. The molecule has 0 atom stereocenters. The van der Waals surface area contributed by atoms with E-state index >= 15 is 0 Å². The van der Waals surface area contributed by atoms with Crippen molar-refractivity contribution in [1.82, 2.24) is 4.98 Å². The van der Waals surface area contributed by atoms with Gasteiger partial charge in [-0.2, -0.15) is 0 Å². The Hall–Kier alpha value is -3.03. The number of nitro groups is 1. The van der Waals surface area contributed by atoms with Gasteiger partial charge in [0.15, 0.2) is 5.13 Å². The zero-order valence-electron chi connectivity index (χ0n) is 13.1. The van der Waals surface area contributed by atoms with Crippen LogP contribution in [0.4, 0.5) is 10.8 Å². The van der Waals surface area contributed by atoms with Crippen LogP contribution in [0, 0.1) is 10.1 Å². The van der Waals surface area contributed by atoms with Crippen LogP contribution in [0.15, 0.2) is 54.6 Å². The van der Waals surface area contributed by atoms with E-state index in [-0.39, 0.29) is 16.3 Å². The van der Waals surface area contributed by atoms with E-state index in [1.165, 1.54) is 29.5 Å². The highest BCUT2D eigenvalue weighted by Gasteiger charge is 2.21. The van der Waals surface area contributed by atoms with Crippen LogP contribution in [0.25, 0.3) is 21.0 Å². The third-order valence-corrected chi connectivity index (χ3v) is 5.08. The highest BCUT2D eigenvalue weighted by atomic mass is 35.5. The molecule has 26 heavy (non-hydrogen) atoms. The number of carbonyl (C=O) groups excluding carboxylic acids is 1. The molecule has 1 heterocycles. The lowest BCUT2D eigenvalue weighted by molar-refractivity contribution is -0.385. The van der Waals surface area contributed by atoms with Crippen LogP contribution in [-0.4, -0.2) is 15.8 Å². The van der Waals surface area contributed by atoms with E-state index in [1.807, 2.05) is 36.4 Å². The first-order valence-electron chi connectivity index (χ1n) is 7.56. The highest BCUT2D eigenvalue weighted by Crippen LogP contribution is 2.32. The molecule has 8 heteroatoms. The zero-order chi connectivity index (χ0) is 18.3. The fraction of sp³-hybridized carbons (Fsp3) is 0. The molecule has 1 aromatic heterocycles. The normalized spacial score (nSPS) is 11.0. The Morgan fingerprint density at radius 3 is 2.77 bits per heavy atom. The van der Waals surface area contributed by atoms with Gasteiger partial charge < -0.3 is 0 Å². The lowest BCUT2D eigenvalue weighted by Crippen LogP contribution is -2.13. The summed E-state index contributed by atoms with van der Waals surface area (Å²) in [4.78, 5) is 27.5. The van der Waals surface area contributed by atoms with Gasteiger partial charge in [0.2, 0.25) is 0 Å². The number of nitro benzene ring substituents is 1. The summed E-state index contributed by atoms with van der Waals surface area (Å²) in [5, 5.41) is 16.4. The molecule has 0 saturated carbocycles. The van der Waals surface area contributed by atoms with Gasteiger partial charge in [0.25, 0.3) is 11.6 Å². The molecule has 0 aliphatic heterocycles. The molecule has 0 aliphatic rings. The van der Waals surface area contributed by atoms with Crippen LogP contribution in [-0.2, 0) is 0 Å². The SMILES string of the molecule is O=C(Nc1nc2c(ccc3ccccc32)s1)c1cc(Cl)ccc1[N+](=O)[O-]. The van der Waals surface area contributed by atoms with Gasteiger partial charge in [-0.1, -0.05) is 53.3 Å². The molecule has 0 saturated heterocycles. The Kier molecular flexibility index (Phi) is 4.02. The monoisotopic (exact) mass is 383 g/mol. The number of thiazole rings is 1. The molecule has 0 bridgehead atoms. The molecule has 0 aliphatic carbocycles. The number of benzene rings is 3. The standard InChI is InChI=1S/C18H10ClN3O3S/c19-11-6-7-14(22(24)25)13(9-11)17(23)21-18-20-16-12-4-2-1-3-10(12)5-8-15(16)26-18/h1-9H,(H,20,21,23). The average Bonchev–Trinajstić information content (AvgIpc) is 3.04. The molecule has 4 aromatic rings. The smallest absolute Gasteiger partial charge is 0.282 e. The lowest BCUT2D eigenvalue weighted by atomic mass is 10.1. The summed E-state index contributed by atoms with van der Waals surface area (Å²) in [5.74, 6) is -0.623. The molecule has 6 nitrogen and oxygen atoms in total. The Morgan fingerprint density at radius 1 is 1.15 bits per heavy atom. The summed E-state index contributed by atoms with van der Waals surface area (Å²) in [6, 6.07) is 15.6. The molecule has 0 fully saturated rings. The second-order valence-corrected chi connectivity index (χ2v) is 6.99. The molecule has 3 aromatic carbocycles. The van der Waals surface area contributed by atoms with Crippen molar-refractivity contribution in [2.24, 2.45) is 0 Å². The number of halogens is 1. The Balaban J connectivity index is 1.74. The van der Waals surface area contributed by atoms with Crippen LogP contribution in [0.1, 0.15) is 10.4 Å². The number of anilines is 1. The van der Waals surface area contributed by atoms with E-state index in [0.29, 0.717) is 5.13 Å². The Labute approximate surface area is 156 Å². The first-order chi connectivity index (χ1) is 12.5. The number of fused-ring (bicyclic) bond motifs is 3. The highest BCUT2D eigenvalue weighted by molar-refractivity contribution is 7.22. The minimum Gasteiger partial charge on any atom is -0.298 e. The quantitative estimate of drug-likeness (QED) is 0.386. The molecular weight excluding hydrogens is 374 g/mol. The van der Waals surface area contributed by atoms with E-state index in [2.05, 4.69) is 10.3 Å². The fourth-order valence-corrected chi connectivity index (χ4v) is 3.78. The molecule has 0 radical (unpaired) electrons. The van der Waals surface area contributed by atoms with Crippen molar-refractivity contribution in [3.8, 4) is 0 Å². The van der Waals surface area contributed by atoms with Crippen LogP contribution < -0.4 is 5.32 Å². The predicted octanol–water partition coefficient (Wildman–Crippen LogP) is 5.26. The Bertz CT molecular complexity index is 1190. The van der Waals surface area contributed by atoms with Gasteiger partial charge in [-0.15, -0.1) is 0 Å². The van der Waals surface area contributed by atoms with Crippen LogP contribution in [0.3, 0.4) is 0 Å². The minimum atomic E-state index is -0.623. The largest absolute Gasteiger partial charge is 0.298 e. The van der Waals surface area contributed by atoms with Crippen molar-refractivity contribution in [2.75, 3.05) is 5.32 Å². The number of hydrogen-bond donors (Lipinski definition) is 1. The van der Waals surface area contributed by atoms with E-state index in [0.717, 1.165) is 21.0 Å². The summed E-state index contributed by atoms with van der Waals surface area (Å²) in [7, 11) is 0. The maximum atomic E-state index is 12.5. The first kappa shape index (κ1) is 16.4. The summed E-state index contributed by atoms with van der Waals surface area (Å²) in [5.41, 5.74) is 0.370. The summed E-state index contributed by atoms with van der Waals surface area (Å²) >= 11 is 7.19. The van der Waals surface area contributed by atoms with Gasteiger partial charge >= 0.3 is 0 Å². The predicted molar refractivity (Wildman–Crippen MR) is 103 cm³/mol. The molecule has 1 N–H and O–H groups in total. The van der Waals surface area contributed by atoms with E-state index < -0.39 is 10.8 Å². The first-order valence-corrected chi connectivity index (χ1v) is 8.76.